The Labute approximate surface area is 193 Å². The molecule has 178 valence electrons. The predicted molar refractivity (Wildman–Crippen MR) is 123 cm³/mol. The molecule has 0 aliphatic carbocycles. The van der Waals surface area contributed by atoms with Crippen LogP contribution in [0.25, 0.3) is 0 Å². The zero-order valence-electron chi connectivity index (χ0n) is 19.4. The molecule has 3 fully saturated rings. The van der Waals surface area contributed by atoms with Gasteiger partial charge >= 0.3 is 6.09 Å². The molecule has 4 rings (SSSR count). The number of amides is 3. The highest BCUT2D eigenvalue weighted by atomic mass is 16.6. The second-order valence-corrected chi connectivity index (χ2v) is 10.0. The predicted octanol–water partition coefficient (Wildman–Crippen LogP) is 2.17. The lowest BCUT2D eigenvalue weighted by atomic mass is 9.78. The van der Waals surface area contributed by atoms with Crippen LogP contribution >= 0.6 is 0 Å². The Bertz CT molecular complexity index is 933. The van der Waals surface area contributed by atoms with Gasteiger partial charge in [-0.3, -0.25) is 14.4 Å². The monoisotopic (exact) mass is 456 g/mol. The number of rotatable bonds is 3. The van der Waals surface area contributed by atoms with E-state index >= 15 is 0 Å². The standard InChI is InChI=1S/C24H32N4O5/c1-24(2,3)33-23(32)28-13-10-17-18(14-28)26-22(31)19(20(17)29)21(30)25-15-6-8-16(9-7-15)27-11-4-5-12-27/h6-9,17-19H,4-5,10-14H2,1-3H3,(H,25,30)(H,26,31). The maximum Gasteiger partial charge on any atom is 0.410 e. The van der Waals surface area contributed by atoms with E-state index in [9.17, 15) is 19.2 Å². The average molecular weight is 457 g/mol. The lowest BCUT2D eigenvalue weighted by molar-refractivity contribution is -0.147. The molecule has 33 heavy (non-hydrogen) atoms. The summed E-state index contributed by atoms with van der Waals surface area (Å²) in [6, 6.07) is 6.94. The van der Waals surface area contributed by atoms with Gasteiger partial charge in [0.25, 0.3) is 0 Å². The summed E-state index contributed by atoms with van der Waals surface area (Å²) in [5.74, 6) is -3.54. The molecule has 0 spiro atoms. The number of nitrogens with one attached hydrogen (secondary N) is 2. The molecule has 0 saturated carbocycles. The summed E-state index contributed by atoms with van der Waals surface area (Å²) in [5, 5.41) is 5.50. The molecule has 3 aliphatic heterocycles. The number of benzene rings is 1. The molecule has 3 saturated heterocycles. The van der Waals surface area contributed by atoms with E-state index in [2.05, 4.69) is 15.5 Å². The van der Waals surface area contributed by atoms with Crippen LogP contribution in [0.2, 0.25) is 0 Å². The number of Topliss-reactive ketones (excluding diaryl/α,β-unsaturated/α-hetero) is 1. The fourth-order valence-electron chi connectivity index (χ4n) is 4.73. The van der Waals surface area contributed by atoms with Crippen LogP contribution in [0.15, 0.2) is 24.3 Å². The van der Waals surface area contributed by atoms with Gasteiger partial charge in [0.1, 0.15) is 5.60 Å². The summed E-state index contributed by atoms with van der Waals surface area (Å²) < 4.78 is 5.40. The van der Waals surface area contributed by atoms with Gasteiger partial charge in [0, 0.05) is 43.5 Å². The number of piperidine rings is 2. The maximum absolute atomic E-state index is 13.1. The van der Waals surface area contributed by atoms with Crippen molar-refractivity contribution in [3.63, 3.8) is 0 Å². The number of hydrogen-bond donors (Lipinski definition) is 2. The van der Waals surface area contributed by atoms with E-state index in [1.54, 1.807) is 32.9 Å². The highest BCUT2D eigenvalue weighted by Gasteiger charge is 2.49. The van der Waals surface area contributed by atoms with Gasteiger partial charge in [-0.25, -0.2) is 4.79 Å². The number of nitrogens with zero attached hydrogens (tertiary/aromatic N) is 2. The minimum atomic E-state index is -1.39. The number of fused-ring (bicyclic) bond motifs is 1. The lowest BCUT2D eigenvalue weighted by Crippen LogP contribution is -2.64. The van der Waals surface area contributed by atoms with Gasteiger partial charge in [0.2, 0.25) is 11.8 Å². The number of carbonyl (C=O) groups is 4. The third-order valence-corrected chi connectivity index (χ3v) is 6.37. The number of hydrogen-bond acceptors (Lipinski definition) is 6. The number of ketones is 1. The first-order valence-corrected chi connectivity index (χ1v) is 11.6. The van der Waals surface area contributed by atoms with Crippen molar-refractivity contribution in [1.82, 2.24) is 10.2 Å². The van der Waals surface area contributed by atoms with Gasteiger partial charge in [0.05, 0.1) is 6.04 Å². The average Bonchev–Trinajstić information content (AvgIpc) is 3.27. The minimum Gasteiger partial charge on any atom is -0.444 e. The van der Waals surface area contributed by atoms with Gasteiger partial charge in [0.15, 0.2) is 11.7 Å². The SMILES string of the molecule is CC(C)(C)OC(=O)N1CCC2C(=O)C(C(=O)Nc3ccc(N4CCCC4)cc3)C(=O)NC2C1. The quantitative estimate of drug-likeness (QED) is 0.675. The van der Waals surface area contributed by atoms with E-state index in [0.29, 0.717) is 18.7 Å². The Hall–Kier alpha value is -3.10. The van der Waals surface area contributed by atoms with Crippen LogP contribution in [0, 0.1) is 11.8 Å². The lowest BCUT2D eigenvalue weighted by Gasteiger charge is -2.42. The van der Waals surface area contributed by atoms with E-state index in [1.165, 1.54) is 17.7 Å². The Morgan fingerprint density at radius 2 is 1.73 bits per heavy atom. The fourth-order valence-corrected chi connectivity index (χ4v) is 4.73. The van der Waals surface area contributed by atoms with Crippen molar-refractivity contribution in [3.05, 3.63) is 24.3 Å². The third-order valence-electron chi connectivity index (χ3n) is 6.37. The molecule has 9 heteroatoms. The highest BCUT2D eigenvalue weighted by molar-refractivity contribution is 6.23. The summed E-state index contributed by atoms with van der Waals surface area (Å²) in [6.45, 7) is 7.92. The van der Waals surface area contributed by atoms with Crippen molar-refractivity contribution in [2.24, 2.45) is 11.8 Å². The summed E-state index contributed by atoms with van der Waals surface area (Å²) in [7, 11) is 0. The molecule has 0 bridgehead atoms. The van der Waals surface area contributed by atoms with Crippen molar-refractivity contribution in [1.29, 1.82) is 0 Å². The van der Waals surface area contributed by atoms with Crippen LogP contribution in [0.1, 0.15) is 40.0 Å². The van der Waals surface area contributed by atoms with E-state index in [-0.39, 0.29) is 6.54 Å². The zero-order chi connectivity index (χ0) is 23.8. The smallest absolute Gasteiger partial charge is 0.410 e. The van der Waals surface area contributed by atoms with Crippen LogP contribution in [0.3, 0.4) is 0 Å². The van der Waals surface area contributed by atoms with Crippen LogP contribution in [0.5, 0.6) is 0 Å². The zero-order valence-corrected chi connectivity index (χ0v) is 19.4. The molecule has 3 unspecified atom stereocenters. The van der Waals surface area contributed by atoms with Crippen LogP contribution in [0.4, 0.5) is 16.2 Å². The van der Waals surface area contributed by atoms with Crippen molar-refractivity contribution >= 4 is 35.1 Å². The molecule has 1 aromatic carbocycles. The molecule has 3 atom stereocenters. The van der Waals surface area contributed by atoms with Crippen LogP contribution in [-0.2, 0) is 19.1 Å². The molecule has 1 aromatic rings. The highest BCUT2D eigenvalue weighted by Crippen LogP contribution is 2.29. The molecule has 0 aromatic heterocycles. The Morgan fingerprint density at radius 1 is 1.06 bits per heavy atom. The van der Waals surface area contributed by atoms with E-state index < -0.39 is 47.2 Å². The summed E-state index contributed by atoms with van der Waals surface area (Å²) in [5.41, 5.74) is 1.01. The van der Waals surface area contributed by atoms with Gasteiger partial charge in [-0.05, 0) is 64.3 Å². The Morgan fingerprint density at radius 3 is 2.36 bits per heavy atom. The van der Waals surface area contributed by atoms with E-state index in [0.717, 1.165) is 18.8 Å². The first-order valence-electron chi connectivity index (χ1n) is 11.6. The molecule has 9 nitrogen and oxygen atoms in total. The van der Waals surface area contributed by atoms with Crippen molar-refractivity contribution in [2.75, 3.05) is 36.4 Å². The van der Waals surface area contributed by atoms with Crippen LogP contribution < -0.4 is 15.5 Å². The number of ether oxygens (including phenoxy) is 1. The Kier molecular flexibility index (Phi) is 6.32. The molecule has 3 heterocycles. The normalized spacial score (nSPS) is 25.4. The number of anilines is 2. The molecule has 0 radical (unpaired) electrons. The molecule has 3 aliphatic rings. The van der Waals surface area contributed by atoms with E-state index in [4.69, 9.17) is 4.74 Å². The van der Waals surface area contributed by atoms with Gasteiger partial charge in [-0.1, -0.05) is 0 Å². The minimum absolute atomic E-state index is 0.184. The largest absolute Gasteiger partial charge is 0.444 e. The number of carbonyl (C=O) groups excluding carboxylic acids is 4. The summed E-state index contributed by atoms with van der Waals surface area (Å²) >= 11 is 0. The summed E-state index contributed by atoms with van der Waals surface area (Å²) in [6.07, 6.45) is 2.25. The topological polar surface area (TPSA) is 108 Å². The maximum atomic E-state index is 13.1. The van der Waals surface area contributed by atoms with Gasteiger partial charge in [-0.15, -0.1) is 0 Å². The number of likely N-dealkylation sites (tertiary alicyclic amines) is 1. The molecular weight excluding hydrogens is 424 g/mol. The van der Waals surface area contributed by atoms with Crippen molar-refractivity contribution < 1.29 is 23.9 Å². The third kappa shape index (κ3) is 5.12. The Balaban J connectivity index is 1.37. The van der Waals surface area contributed by atoms with Crippen molar-refractivity contribution in [3.8, 4) is 0 Å². The van der Waals surface area contributed by atoms with Gasteiger partial charge in [-0.2, -0.15) is 0 Å². The molecule has 2 N–H and O–H groups in total. The van der Waals surface area contributed by atoms with E-state index in [1.807, 2.05) is 12.1 Å². The second-order valence-electron chi connectivity index (χ2n) is 10.0. The van der Waals surface area contributed by atoms with Gasteiger partial charge < -0.3 is 25.2 Å². The van der Waals surface area contributed by atoms with Crippen molar-refractivity contribution in [2.45, 2.75) is 51.7 Å². The first-order chi connectivity index (χ1) is 15.6. The second kappa shape index (κ2) is 9.03. The molecular formula is C24H32N4O5. The molecule has 3 amide bonds. The first kappa shape index (κ1) is 23.1. The summed E-state index contributed by atoms with van der Waals surface area (Å²) in [4.78, 5) is 54.8. The van der Waals surface area contributed by atoms with Crippen LogP contribution in [-0.4, -0.2) is 66.4 Å². The fraction of sp³-hybridized carbons (Fsp3) is 0.583.